The van der Waals surface area contributed by atoms with E-state index >= 15 is 0 Å². The molecule has 0 saturated heterocycles. The summed E-state index contributed by atoms with van der Waals surface area (Å²) >= 11 is 0. The lowest BCUT2D eigenvalue weighted by atomic mass is 9.75. The number of terminal acetylenes is 2. The third-order valence-electron chi connectivity index (χ3n) is 6.12. The van der Waals surface area contributed by atoms with Crippen LogP contribution in [0, 0.1) is 49.2 Å². The normalized spacial score (nSPS) is 17.6. The van der Waals surface area contributed by atoms with E-state index in [9.17, 15) is 13.6 Å². The van der Waals surface area contributed by atoms with Gasteiger partial charge in [0.25, 0.3) is 0 Å². The number of rotatable bonds is 6. The summed E-state index contributed by atoms with van der Waals surface area (Å²) in [6.07, 6.45) is 20.1. The minimum absolute atomic E-state index is 0.00446. The second-order valence-electron chi connectivity index (χ2n) is 8.48. The number of halogens is 2. The highest BCUT2D eigenvalue weighted by atomic mass is 19.1. The summed E-state index contributed by atoms with van der Waals surface area (Å²) in [5.74, 6) is 0.0538. The Morgan fingerprint density at radius 1 is 1.24 bits per heavy atom. The minimum Gasteiger partial charge on any atom is -0.368 e. The summed E-state index contributed by atoms with van der Waals surface area (Å²) in [5.41, 5.74) is 6.15. The molecular weight excluding hydrogens is 438 g/mol. The Balaban J connectivity index is 0.000000970. The van der Waals surface area contributed by atoms with Crippen molar-refractivity contribution in [2.45, 2.75) is 52.0 Å². The van der Waals surface area contributed by atoms with Gasteiger partial charge in [0.05, 0.1) is 5.39 Å². The second-order valence-corrected chi connectivity index (χ2v) is 8.48. The van der Waals surface area contributed by atoms with Crippen molar-refractivity contribution in [3.8, 4) is 25.7 Å². The maximum Gasteiger partial charge on any atom is 0.225 e. The van der Waals surface area contributed by atoms with Gasteiger partial charge in [-0.15, -0.1) is 30.8 Å². The van der Waals surface area contributed by atoms with Crippen molar-refractivity contribution in [1.82, 2.24) is 24.5 Å². The van der Waals surface area contributed by atoms with E-state index in [1.54, 1.807) is 0 Å². The lowest BCUT2D eigenvalue weighted by molar-refractivity contribution is -0.140. The Morgan fingerprint density at radius 2 is 1.88 bits per heavy atom. The van der Waals surface area contributed by atoms with Crippen LogP contribution in [0.15, 0.2) is 12.1 Å². The molecule has 3 aromatic rings. The lowest BCUT2D eigenvalue weighted by Gasteiger charge is -2.36. The van der Waals surface area contributed by atoms with Gasteiger partial charge >= 0.3 is 0 Å². The van der Waals surface area contributed by atoms with Crippen LogP contribution in [0.4, 0.5) is 14.7 Å². The molecule has 0 unspecified atom stereocenters. The number of benzene rings is 1. The van der Waals surface area contributed by atoms with Gasteiger partial charge in [-0.25, -0.2) is 18.7 Å². The average Bonchev–Trinajstić information content (AvgIpc) is 3.25. The molecule has 0 bridgehead atoms. The van der Waals surface area contributed by atoms with Crippen molar-refractivity contribution in [2.24, 2.45) is 11.8 Å². The van der Waals surface area contributed by atoms with E-state index in [2.05, 4.69) is 47.7 Å². The molecule has 2 heterocycles. The van der Waals surface area contributed by atoms with Gasteiger partial charge in [0.1, 0.15) is 11.3 Å². The molecular formula is C25H30F2N6O. The standard InChI is InChI=1S/C21H26F2N6O.2C2H2/c1-11-7-13(8-11)20(30)28(3)12(2)5-4-6-17-25-19-15-9-14(22)10-16(23)18(15)26-21(24)29(19)27-17;2*1-2/h9-13H,4-8H2,1-3H3,(H2,24,26);2*1-2H/t11?,12-,13?;;/m0../s1. The van der Waals surface area contributed by atoms with Gasteiger partial charge in [0.15, 0.2) is 17.3 Å². The number of hydrogen-bond donors (Lipinski definition) is 1. The molecule has 0 aliphatic heterocycles. The highest BCUT2D eigenvalue weighted by molar-refractivity contribution is 5.92. The first-order chi connectivity index (χ1) is 16.2. The van der Waals surface area contributed by atoms with Crippen LogP contribution in [0.25, 0.3) is 16.6 Å². The number of nitrogens with zero attached hydrogens (tertiary/aromatic N) is 5. The fraction of sp³-hybridized carbons (Fsp3) is 0.440. The SMILES string of the molecule is C#C.C#C.CC1CC(C(=O)N(C)[C@@H](C)CCCc2nc3c4cc(F)cc(F)c4nc(N)n3n2)C1. The Hall–Kier alpha value is -3.72. The van der Waals surface area contributed by atoms with E-state index in [1.165, 1.54) is 10.6 Å². The quantitative estimate of drug-likeness (QED) is 0.555. The number of carbonyl (C=O) groups excluding carboxylic acids is 1. The number of fused-ring (bicyclic) bond motifs is 3. The van der Waals surface area contributed by atoms with E-state index in [4.69, 9.17) is 5.73 Å². The largest absolute Gasteiger partial charge is 0.368 e. The molecule has 1 fully saturated rings. The molecule has 0 spiro atoms. The first-order valence-electron chi connectivity index (χ1n) is 11.0. The fourth-order valence-electron chi connectivity index (χ4n) is 4.17. The van der Waals surface area contributed by atoms with Gasteiger partial charge in [-0.05, 0) is 44.6 Å². The summed E-state index contributed by atoms with van der Waals surface area (Å²) in [6, 6.07) is 2.07. The molecule has 1 aromatic carbocycles. The van der Waals surface area contributed by atoms with Crippen LogP contribution in [0.5, 0.6) is 0 Å². The minimum atomic E-state index is -0.786. The number of carbonyl (C=O) groups is 1. The lowest BCUT2D eigenvalue weighted by Crippen LogP contribution is -2.43. The van der Waals surface area contributed by atoms with E-state index in [0.29, 0.717) is 18.2 Å². The van der Waals surface area contributed by atoms with Crippen LogP contribution in [0.2, 0.25) is 0 Å². The van der Waals surface area contributed by atoms with E-state index in [-0.39, 0.29) is 40.4 Å². The zero-order valence-corrected chi connectivity index (χ0v) is 19.7. The molecule has 2 N–H and O–H groups in total. The predicted molar refractivity (Wildman–Crippen MR) is 129 cm³/mol. The third kappa shape index (κ3) is 5.43. The summed E-state index contributed by atoms with van der Waals surface area (Å²) in [7, 11) is 1.86. The first kappa shape index (κ1) is 26.5. The zero-order valence-electron chi connectivity index (χ0n) is 19.7. The van der Waals surface area contributed by atoms with E-state index in [1.807, 2.05) is 18.9 Å². The van der Waals surface area contributed by atoms with Crippen LogP contribution in [-0.2, 0) is 11.2 Å². The predicted octanol–water partition coefficient (Wildman–Crippen LogP) is 3.85. The second kappa shape index (κ2) is 11.4. The molecule has 1 saturated carbocycles. The Bertz CT molecular complexity index is 1190. The number of anilines is 1. The molecule has 1 aliphatic carbocycles. The fourth-order valence-corrected chi connectivity index (χ4v) is 4.17. The maximum absolute atomic E-state index is 14.1. The van der Waals surface area contributed by atoms with E-state index in [0.717, 1.165) is 31.7 Å². The summed E-state index contributed by atoms with van der Waals surface area (Å²) in [4.78, 5) is 22.8. The number of nitrogens with two attached hydrogens (primary N) is 1. The Morgan fingerprint density at radius 3 is 2.50 bits per heavy atom. The highest BCUT2D eigenvalue weighted by Gasteiger charge is 2.34. The summed E-state index contributed by atoms with van der Waals surface area (Å²) in [5, 5.41) is 4.58. The smallest absolute Gasteiger partial charge is 0.225 e. The van der Waals surface area contributed by atoms with Crippen LogP contribution in [0.3, 0.4) is 0 Å². The van der Waals surface area contributed by atoms with Crippen molar-refractivity contribution >= 4 is 28.4 Å². The van der Waals surface area contributed by atoms with Crippen molar-refractivity contribution in [2.75, 3.05) is 12.8 Å². The number of aromatic nitrogens is 4. The number of hydrogen-bond acceptors (Lipinski definition) is 5. The molecule has 4 rings (SSSR count). The molecule has 2 aromatic heterocycles. The topological polar surface area (TPSA) is 89.4 Å². The molecule has 1 atom stereocenters. The van der Waals surface area contributed by atoms with Crippen LogP contribution < -0.4 is 5.73 Å². The summed E-state index contributed by atoms with van der Waals surface area (Å²) in [6.45, 7) is 4.21. The molecule has 1 amide bonds. The van der Waals surface area contributed by atoms with Gasteiger partial charge < -0.3 is 10.6 Å². The molecule has 7 nitrogen and oxygen atoms in total. The van der Waals surface area contributed by atoms with Gasteiger partial charge in [-0.1, -0.05) is 6.92 Å². The molecule has 1 aliphatic rings. The number of aryl methyl sites for hydroxylation is 1. The van der Waals surface area contributed by atoms with Crippen LogP contribution in [-0.4, -0.2) is 43.5 Å². The van der Waals surface area contributed by atoms with Crippen molar-refractivity contribution in [3.63, 3.8) is 0 Å². The number of nitrogen functional groups attached to an aromatic ring is 1. The molecule has 34 heavy (non-hydrogen) atoms. The van der Waals surface area contributed by atoms with Gasteiger partial charge in [0.2, 0.25) is 11.9 Å². The van der Waals surface area contributed by atoms with Crippen molar-refractivity contribution < 1.29 is 13.6 Å². The first-order valence-corrected chi connectivity index (χ1v) is 11.0. The molecule has 9 heteroatoms. The van der Waals surface area contributed by atoms with Crippen LogP contribution in [0.1, 0.15) is 45.4 Å². The van der Waals surface area contributed by atoms with Crippen LogP contribution >= 0.6 is 0 Å². The zero-order chi connectivity index (χ0) is 25.6. The Kier molecular flexibility index (Phi) is 8.91. The van der Waals surface area contributed by atoms with Gasteiger partial charge in [-0.2, -0.15) is 4.52 Å². The van der Waals surface area contributed by atoms with Gasteiger partial charge in [-0.3, -0.25) is 4.79 Å². The van der Waals surface area contributed by atoms with E-state index < -0.39 is 11.6 Å². The monoisotopic (exact) mass is 468 g/mol. The van der Waals surface area contributed by atoms with Gasteiger partial charge in [0, 0.05) is 31.5 Å². The maximum atomic E-state index is 14.1. The van der Waals surface area contributed by atoms with Crippen molar-refractivity contribution in [1.29, 1.82) is 0 Å². The highest BCUT2D eigenvalue weighted by Crippen LogP contribution is 2.34. The average molecular weight is 469 g/mol. The third-order valence-corrected chi connectivity index (χ3v) is 6.12. The summed E-state index contributed by atoms with van der Waals surface area (Å²) < 4.78 is 29.1. The molecule has 0 radical (unpaired) electrons. The number of amides is 1. The molecule has 180 valence electrons. The van der Waals surface area contributed by atoms with Crippen molar-refractivity contribution in [3.05, 3.63) is 29.6 Å². The Labute approximate surface area is 198 Å².